The highest BCUT2D eigenvalue weighted by molar-refractivity contribution is 6.30. The molecule has 0 saturated heterocycles. The number of amides is 2. The molecule has 0 aliphatic carbocycles. The molecule has 0 aliphatic rings. The summed E-state index contributed by atoms with van der Waals surface area (Å²) in [6, 6.07) is 23.6. The van der Waals surface area contributed by atoms with Gasteiger partial charge in [0, 0.05) is 29.2 Å². The quantitative estimate of drug-likeness (QED) is 0.307. The summed E-state index contributed by atoms with van der Waals surface area (Å²) in [4.78, 5) is 28.5. The lowest BCUT2D eigenvalue weighted by molar-refractivity contribution is -0.138. The average molecular weight is 509 g/mol. The summed E-state index contributed by atoms with van der Waals surface area (Å²) in [6.07, 6.45) is 3.84. The van der Waals surface area contributed by atoms with Crippen LogP contribution < -0.4 is 5.32 Å². The van der Waals surface area contributed by atoms with Crippen molar-refractivity contribution in [1.29, 1.82) is 0 Å². The Morgan fingerprint density at radius 1 is 0.857 bits per heavy atom. The maximum absolute atomic E-state index is 13.4. The fraction of sp³-hybridized carbons (Fsp3) is 0.241. The van der Waals surface area contributed by atoms with Crippen LogP contribution in [0.15, 0.2) is 84.9 Å². The molecule has 3 rings (SSSR count). The van der Waals surface area contributed by atoms with E-state index in [4.69, 9.17) is 23.2 Å². The molecule has 6 heteroatoms. The third-order valence-electron chi connectivity index (χ3n) is 5.52. The molecule has 0 bridgehead atoms. The number of hydrogen-bond donors (Lipinski definition) is 1. The van der Waals surface area contributed by atoms with Crippen molar-refractivity contribution in [2.75, 3.05) is 0 Å². The zero-order valence-electron chi connectivity index (χ0n) is 20.0. The van der Waals surface area contributed by atoms with E-state index in [0.29, 0.717) is 29.6 Å². The Kier molecular flexibility index (Phi) is 9.95. The van der Waals surface area contributed by atoms with Crippen molar-refractivity contribution in [2.24, 2.45) is 5.92 Å². The maximum atomic E-state index is 13.4. The smallest absolute Gasteiger partial charge is 0.247 e. The van der Waals surface area contributed by atoms with Gasteiger partial charge in [0.15, 0.2) is 0 Å². The van der Waals surface area contributed by atoms with Gasteiger partial charge in [-0.15, -0.1) is 0 Å². The van der Waals surface area contributed by atoms with Gasteiger partial charge in [0.25, 0.3) is 0 Å². The lowest BCUT2D eigenvalue weighted by atomic mass is 10.00. The van der Waals surface area contributed by atoms with Gasteiger partial charge in [-0.25, -0.2) is 0 Å². The van der Waals surface area contributed by atoms with Crippen LogP contribution in [-0.2, 0) is 22.7 Å². The zero-order chi connectivity index (χ0) is 25.2. The number of halogens is 2. The van der Waals surface area contributed by atoms with Gasteiger partial charge in [0.2, 0.25) is 11.8 Å². The molecule has 35 heavy (non-hydrogen) atoms. The van der Waals surface area contributed by atoms with Gasteiger partial charge in [-0.3, -0.25) is 9.59 Å². The third-order valence-corrected chi connectivity index (χ3v) is 6.02. The number of nitrogens with zero attached hydrogens (tertiary/aromatic N) is 1. The summed E-state index contributed by atoms with van der Waals surface area (Å²) >= 11 is 12.0. The minimum atomic E-state index is -0.633. The van der Waals surface area contributed by atoms with Crippen molar-refractivity contribution in [1.82, 2.24) is 10.2 Å². The topological polar surface area (TPSA) is 49.4 Å². The summed E-state index contributed by atoms with van der Waals surface area (Å²) in [5.41, 5.74) is 2.75. The van der Waals surface area contributed by atoms with Crippen LogP contribution in [0.1, 0.15) is 37.0 Å². The Labute approximate surface area is 217 Å². The van der Waals surface area contributed by atoms with E-state index in [1.807, 2.05) is 68.4 Å². The summed E-state index contributed by atoms with van der Waals surface area (Å²) < 4.78 is 0. The first kappa shape index (κ1) is 26.5. The normalized spacial score (nSPS) is 12.0. The first-order valence-corrected chi connectivity index (χ1v) is 12.4. The molecule has 3 aromatic rings. The fourth-order valence-electron chi connectivity index (χ4n) is 3.69. The van der Waals surface area contributed by atoms with Crippen molar-refractivity contribution < 1.29 is 9.59 Å². The van der Waals surface area contributed by atoms with Crippen molar-refractivity contribution in [3.63, 3.8) is 0 Å². The Hall–Kier alpha value is -3.08. The van der Waals surface area contributed by atoms with E-state index in [1.165, 1.54) is 6.08 Å². The molecule has 1 unspecified atom stereocenters. The van der Waals surface area contributed by atoms with Gasteiger partial charge < -0.3 is 10.2 Å². The molecule has 4 nitrogen and oxygen atoms in total. The van der Waals surface area contributed by atoms with Crippen molar-refractivity contribution >= 4 is 41.1 Å². The fourth-order valence-corrected chi connectivity index (χ4v) is 3.94. The average Bonchev–Trinajstić information content (AvgIpc) is 2.85. The maximum Gasteiger partial charge on any atom is 0.247 e. The Morgan fingerprint density at radius 3 is 2.00 bits per heavy atom. The van der Waals surface area contributed by atoms with E-state index in [-0.39, 0.29) is 17.7 Å². The predicted octanol–water partition coefficient (Wildman–Crippen LogP) is 6.77. The molecule has 1 atom stereocenters. The molecule has 2 amide bonds. The minimum absolute atomic E-state index is 0.191. The van der Waals surface area contributed by atoms with Crippen LogP contribution in [0.25, 0.3) is 6.08 Å². The summed E-state index contributed by atoms with van der Waals surface area (Å²) in [5.74, 6) is -0.208. The SMILES string of the molecule is CC(C)CC(C(=O)NCc1ccc(Cl)cc1)N(Cc1ccc(Cl)cc1)C(=O)/C=C/c1ccccc1. The largest absolute Gasteiger partial charge is 0.350 e. The second-order valence-electron chi connectivity index (χ2n) is 8.83. The van der Waals surface area contributed by atoms with Crippen LogP contribution in [-0.4, -0.2) is 22.8 Å². The van der Waals surface area contributed by atoms with Gasteiger partial charge >= 0.3 is 0 Å². The van der Waals surface area contributed by atoms with Crippen molar-refractivity contribution in [3.8, 4) is 0 Å². The molecule has 1 N–H and O–H groups in total. The summed E-state index contributed by atoms with van der Waals surface area (Å²) in [5, 5.41) is 4.27. The number of nitrogens with one attached hydrogen (secondary N) is 1. The molecule has 0 heterocycles. The molecule has 0 radical (unpaired) electrons. The number of rotatable bonds is 10. The Bertz CT molecular complexity index is 1130. The third kappa shape index (κ3) is 8.57. The Balaban J connectivity index is 1.85. The van der Waals surface area contributed by atoms with Gasteiger partial charge in [-0.2, -0.15) is 0 Å². The highest BCUT2D eigenvalue weighted by Gasteiger charge is 2.29. The Morgan fingerprint density at radius 2 is 1.43 bits per heavy atom. The van der Waals surface area contributed by atoms with E-state index in [0.717, 1.165) is 16.7 Å². The molecule has 0 spiro atoms. The van der Waals surface area contributed by atoms with Crippen LogP contribution in [0.4, 0.5) is 0 Å². The van der Waals surface area contributed by atoms with E-state index >= 15 is 0 Å². The molecule has 3 aromatic carbocycles. The number of carbonyl (C=O) groups excluding carboxylic acids is 2. The van der Waals surface area contributed by atoms with Gasteiger partial charge in [-0.1, -0.05) is 91.6 Å². The lowest BCUT2D eigenvalue weighted by Crippen LogP contribution is -2.49. The molecule has 0 aliphatic heterocycles. The molecular weight excluding hydrogens is 479 g/mol. The van der Waals surface area contributed by atoms with E-state index in [2.05, 4.69) is 5.32 Å². The highest BCUT2D eigenvalue weighted by atomic mass is 35.5. The van der Waals surface area contributed by atoms with Crippen LogP contribution in [0, 0.1) is 5.92 Å². The number of hydrogen-bond acceptors (Lipinski definition) is 2. The van der Waals surface area contributed by atoms with Crippen molar-refractivity contribution in [3.05, 3.63) is 112 Å². The lowest BCUT2D eigenvalue weighted by Gasteiger charge is -2.31. The van der Waals surface area contributed by atoms with Crippen LogP contribution in [0.5, 0.6) is 0 Å². The van der Waals surface area contributed by atoms with E-state index < -0.39 is 6.04 Å². The molecule has 0 fully saturated rings. The molecule has 0 saturated carbocycles. The molecule has 182 valence electrons. The number of benzene rings is 3. The summed E-state index contributed by atoms with van der Waals surface area (Å²) in [6.45, 7) is 4.74. The second-order valence-corrected chi connectivity index (χ2v) is 9.70. The van der Waals surface area contributed by atoms with Crippen LogP contribution in [0.3, 0.4) is 0 Å². The van der Waals surface area contributed by atoms with Crippen molar-refractivity contribution in [2.45, 2.75) is 39.4 Å². The monoisotopic (exact) mass is 508 g/mol. The van der Waals surface area contributed by atoms with E-state index in [1.54, 1.807) is 35.2 Å². The van der Waals surface area contributed by atoms with Crippen LogP contribution in [0.2, 0.25) is 10.0 Å². The van der Waals surface area contributed by atoms with Crippen LogP contribution >= 0.6 is 23.2 Å². The minimum Gasteiger partial charge on any atom is -0.350 e. The summed E-state index contributed by atoms with van der Waals surface area (Å²) in [7, 11) is 0. The van der Waals surface area contributed by atoms with Gasteiger partial charge in [-0.05, 0) is 59.4 Å². The zero-order valence-corrected chi connectivity index (χ0v) is 21.5. The van der Waals surface area contributed by atoms with Gasteiger partial charge in [0.05, 0.1) is 0 Å². The van der Waals surface area contributed by atoms with E-state index in [9.17, 15) is 9.59 Å². The molecular formula is C29H30Cl2N2O2. The first-order valence-electron chi connectivity index (χ1n) is 11.6. The first-order chi connectivity index (χ1) is 16.8. The number of carbonyl (C=O) groups is 2. The predicted molar refractivity (Wildman–Crippen MR) is 144 cm³/mol. The highest BCUT2D eigenvalue weighted by Crippen LogP contribution is 2.19. The second kappa shape index (κ2) is 13.1. The standard InChI is InChI=1S/C29H30Cl2N2O2/c1-21(2)18-27(29(35)32-19-23-8-13-25(30)14-9-23)33(20-24-10-15-26(31)16-11-24)28(34)17-12-22-6-4-3-5-7-22/h3-17,21,27H,18-20H2,1-2H3,(H,32,35)/b17-12+. The van der Waals surface area contributed by atoms with Gasteiger partial charge in [0.1, 0.15) is 6.04 Å². The molecule has 0 aromatic heterocycles.